The molecule has 2 nitrogen and oxygen atoms in total. The first kappa shape index (κ1) is 13.4. The van der Waals surface area contributed by atoms with Gasteiger partial charge >= 0.3 is 0 Å². The van der Waals surface area contributed by atoms with Gasteiger partial charge in [-0.3, -0.25) is 4.90 Å². The lowest BCUT2D eigenvalue weighted by Gasteiger charge is -2.40. The Morgan fingerprint density at radius 3 is 2.58 bits per heavy atom. The van der Waals surface area contributed by atoms with Gasteiger partial charge in [0.25, 0.3) is 0 Å². The highest BCUT2D eigenvalue weighted by atomic mass is 35.5. The molecule has 3 rings (SSSR count). The van der Waals surface area contributed by atoms with Crippen molar-refractivity contribution in [2.75, 3.05) is 33.2 Å². The molecule has 104 valence electrons. The zero-order chi connectivity index (χ0) is 13.3. The van der Waals surface area contributed by atoms with Crippen LogP contribution in [0.5, 0.6) is 0 Å². The van der Waals surface area contributed by atoms with Crippen LogP contribution in [-0.2, 0) is 6.54 Å². The Labute approximate surface area is 121 Å². The minimum absolute atomic E-state index is 0.569. The molecule has 1 aromatic carbocycles. The Kier molecular flexibility index (Phi) is 3.84. The quantitative estimate of drug-likeness (QED) is 0.819. The van der Waals surface area contributed by atoms with Crippen LogP contribution in [0.25, 0.3) is 0 Å². The zero-order valence-corrected chi connectivity index (χ0v) is 12.5. The maximum absolute atomic E-state index is 5.95. The predicted octanol–water partition coefficient (Wildman–Crippen LogP) is 3.26. The second-order valence-corrected chi connectivity index (χ2v) is 6.86. The molecule has 0 amide bonds. The van der Waals surface area contributed by atoms with E-state index in [0.717, 1.165) is 11.6 Å². The second kappa shape index (κ2) is 5.43. The van der Waals surface area contributed by atoms with Crippen LogP contribution in [0.4, 0.5) is 0 Å². The number of nitrogens with zero attached hydrogens (tertiary/aromatic N) is 2. The number of benzene rings is 1. The van der Waals surface area contributed by atoms with Crippen molar-refractivity contribution in [3.8, 4) is 0 Å². The number of hydrogen-bond acceptors (Lipinski definition) is 2. The fourth-order valence-corrected chi connectivity index (χ4v) is 3.91. The fourth-order valence-electron chi connectivity index (χ4n) is 3.78. The Morgan fingerprint density at radius 2 is 1.89 bits per heavy atom. The lowest BCUT2D eigenvalue weighted by Crippen LogP contribution is -2.44. The molecule has 0 saturated carbocycles. The van der Waals surface area contributed by atoms with Gasteiger partial charge in [-0.2, -0.15) is 0 Å². The number of piperidine rings is 1. The third-order valence-corrected chi connectivity index (χ3v) is 4.94. The fraction of sp³-hybridized carbons (Fsp3) is 0.625. The van der Waals surface area contributed by atoms with Gasteiger partial charge in [0.05, 0.1) is 0 Å². The van der Waals surface area contributed by atoms with Crippen molar-refractivity contribution in [3.05, 3.63) is 34.9 Å². The molecule has 2 saturated heterocycles. The summed E-state index contributed by atoms with van der Waals surface area (Å²) in [6.45, 7) is 6.13. The van der Waals surface area contributed by atoms with Crippen LogP contribution in [-0.4, -0.2) is 43.0 Å². The molecule has 2 heterocycles. The molecule has 0 aliphatic carbocycles. The summed E-state index contributed by atoms with van der Waals surface area (Å²) in [6, 6.07) is 8.31. The molecule has 1 spiro atoms. The maximum atomic E-state index is 5.95. The van der Waals surface area contributed by atoms with E-state index in [9.17, 15) is 0 Å². The van der Waals surface area contributed by atoms with E-state index in [-0.39, 0.29) is 0 Å². The van der Waals surface area contributed by atoms with Crippen molar-refractivity contribution < 1.29 is 0 Å². The summed E-state index contributed by atoms with van der Waals surface area (Å²) in [7, 11) is 2.26. The molecule has 1 aromatic rings. The molecule has 1 atom stereocenters. The Hall–Kier alpha value is -0.570. The lowest BCUT2D eigenvalue weighted by molar-refractivity contribution is 0.0900. The third-order valence-electron chi connectivity index (χ3n) is 4.69. The molecule has 0 aromatic heterocycles. The van der Waals surface area contributed by atoms with Gasteiger partial charge in [-0.05, 0) is 62.5 Å². The van der Waals surface area contributed by atoms with Gasteiger partial charge in [-0.1, -0.05) is 23.7 Å². The van der Waals surface area contributed by atoms with Crippen LogP contribution in [0.1, 0.15) is 24.8 Å². The highest BCUT2D eigenvalue weighted by molar-refractivity contribution is 6.30. The largest absolute Gasteiger partial charge is 0.306 e. The highest BCUT2D eigenvalue weighted by Gasteiger charge is 2.39. The number of hydrogen-bond donors (Lipinski definition) is 0. The van der Waals surface area contributed by atoms with E-state index in [0.29, 0.717) is 5.41 Å². The molecule has 19 heavy (non-hydrogen) atoms. The van der Waals surface area contributed by atoms with Crippen LogP contribution in [0, 0.1) is 5.41 Å². The van der Waals surface area contributed by atoms with Gasteiger partial charge in [0, 0.05) is 24.7 Å². The summed E-state index contributed by atoms with van der Waals surface area (Å²) < 4.78 is 0. The third kappa shape index (κ3) is 3.13. The van der Waals surface area contributed by atoms with Gasteiger partial charge in [0.1, 0.15) is 0 Å². The van der Waals surface area contributed by atoms with Gasteiger partial charge < -0.3 is 4.90 Å². The molecular formula is C16H23ClN2. The van der Waals surface area contributed by atoms with Crippen molar-refractivity contribution >= 4 is 11.6 Å². The molecule has 2 fully saturated rings. The molecule has 2 aliphatic heterocycles. The van der Waals surface area contributed by atoms with E-state index in [1.54, 1.807) is 0 Å². The molecule has 0 N–H and O–H groups in total. The van der Waals surface area contributed by atoms with E-state index in [1.807, 2.05) is 12.1 Å². The molecule has 2 aliphatic rings. The van der Waals surface area contributed by atoms with Crippen LogP contribution in [0.2, 0.25) is 5.02 Å². The second-order valence-electron chi connectivity index (χ2n) is 6.43. The maximum Gasteiger partial charge on any atom is 0.0406 e. The van der Waals surface area contributed by atoms with Crippen LogP contribution in [0.3, 0.4) is 0 Å². The molecule has 0 radical (unpaired) electrons. The summed E-state index contributed by atoms with van der Waals surface area (Å²) in [4.78, 5) is 5.12. The average Bonchev–Trinajstić information content (AvgIpc) is 2.73. The first-order chi connectivity index (χ1) is 9.15. The van der Waals surface area contributed by atoms with Crippen LogP contribution < -0.4 is 0 Å². The lowest BCUT2D eigenvalue weighted by atomic mass is 9.79. The minimum Gasteiger partial charge on any atom is -0.306 e. The predicted molar refractivity (Wildman–Crippen MR) is 80.5 cm³/mol. The van der Waals surface area contributed by atoms with E-state index in [1.165, 1.54) is 51.0 Å². The van der Waals surface area contributed by atoms with Gasteiger partial charge in [0.15, 0.2) is 0 Å². The van der Waals surface area contributed by atoms with E-state index in [4.69, 9.17) is 11.6 Å². The first-order valence-electron chi connectivity index (χ1n) is 7.31. The highest BCUT2D eigenvalue weighted by Crippen LogP contribution is 2.38. The van der Waals surface area contributed by atoms with Gasteiger partial charge in [-0.15, -0.1) is 0 Å². The van der Waals surface area contributed by atoms with Crippen molar-refractivity contribution in [1.29, 1.82) is 0 Å². The monoisotopic (exact) mass is 278 g/mol. The summed E-state index contributed by atoms with van der Waals surface area (Å²) >= 11 is 5.95. The topological polar surface area (TPSA) is 6.48 Å². The van der Waals surface area contributed by atoms with Gasteiger partial charge in [0.2, 0.25) is 0 Å². The number of halogens is 1. The van der Waals surface area contributed by atoms with Crippen molar-refractivity contribution in [2.45, 2.75) is 25.8 Å². The van der Waals surface area contributed by atoms with E-state index in [2.05, 4.69) is 29.0 Å². The van der Waals surface area contributed by atoms with E-state index >= 15 is 0 Å². The summed E-state index contributed by atoms with van der Waals surface area (Å²) in [6.07, 6.45) is 4.14. The summed E-state index contributed by atoms with van der Waals surface area (Å²) in [5.74, 6) is 0. The Bertz CT molecular complexity index is 427. The minimum atomic E-state index is 0.569. The average molecular weight is 279 g/mol. The first-order valence-corrected chi connectivity index (χ1v) is 7.68. The molecule has 0 unspecified atom stereocenters. The Morgan fingerprint density at radius 1 is 1.11 bits per heavy atom. The van der Waals surface area contributed by atoms with Crippen molar-refractivity contribution in [1.82, 2.24) is 9.80 Å². The van der Waals surface area contributed by atoms with Crippen molar-refractivity contribution in [3.63, 3.8) is 0 Å². The van der Waals surface area contributed by atoms with Gasteiger partial charge in [-0.25, -0.2) is 0 Å². The molecule has 0 bridgehead atoms. The normalized spacial score (nSPS) is 29.2. The standard InChI is InChI=1S/C16H23ClN2/c1-18-10-8-16(12-18)7-2-9-19(13-16)11-14-3-5-15(17)6-4-14/h3-6H,2,7-13H2,1H3/t16-/m0/s1. The number of rotatable bonds is 2. The van der Waals surface area contributed by atoms with E-state index < -0.39 is 0 Å². The number of likely N-dealkylation sites (tertiary alicyclic amines) is 2. The molecule has 3 heteroatoms. The SMILES string of the molecule is CN1CC[C@@]2(CCCN(Cc3ccc(Cl)cc3)C2)C1. The Balaban J connectivity index is 1.64. The smallest absolute Gasteiger partial charge is 0.0406 e. The summed E-state index contributed by atoms with van der Waals surface area (Å²) in [5, 5.41) is 0.830. The molecular weight excluding hydrogens is 256 g/mol. The van der Waals surface area contributed by atoms with Crippen LogP contribution in [0.15, 0.2) is 24.3 Å². The summed E-state index contributed by atoms with van der Waals surface area (Å²) in [5.41, 5.74) is 1.95. The zero-order valence-electron chi connectivity index (χ0n) is 11.7. The van der Waals surface area contributed by atoms with Crippen molar-refractivity contribution in [2.24, 2.45) is 5.41 Å². The van der Waals surface area contributed by atoms with Crippen LogP contribution >= 0.6 is 11.6 Å².